The van der Waals surface area contributed by atoms with Gasteiger partial charge in [0.2, 0.25) is 5.91 Å². The maximum absolute atomic E-state index is 13.7. The molecule has 2 aliphatic heterocycles. The third-order valence-electron chi connectivity index (χ3n) is 8.95. The zero-order valence-electron chi connectivity index (χ0n) is 24.1. The van der Waals surface area contributed by atoms with E-state index < -0.39 is 30.5 Å². The minimum absolute atomic E-state index is 0.0770. The average molecular weight is 536 g/mol. The number of rotatable bonds is 7. The minimum atomic E-state index is -0.658. The van der Waals surface area contributed by atoms with Crippen LogP contribution in [-0.4, -0.2) is 64.9 Å². The number of aromatic amines is 1. The van der Waals surface area contributed by atoms with Crippen LogP contribution in [0.5, 0.6) is 0 Å². The lowest BCUT2D eigenvalue weighted by Gasteiger charge is -2.32. The van der Waals surface area contributed by atoms with Crippen LogP contribution in [0.3, 0.4) is 0 Å². The van der Waals surface area contributed by atoms with E-state index in [9.17, 15) is 9.59 Å². The van der Waals surface area contributed by atoms with Gasteiger partial charge in [-0.3, -0.25) is 4.79 Å². The number of carbonyl (C=O) groups excluding carboxylic acids is 2. The van der Waals surface area contributed by atoms with Gasteiger partial charge in [-0.15, -0.1) is 0 Å². The number of benzene rings is 1. The van der Waals surface area contributed by atoms with E-state index in [0.717, 1.165) is 29.0 Å². The number of ether oxygens (including phenoxy) is 1. The summed E-state index contributed by atoms with van der Waals surface area (Å²) in [4.78, 5) is 35.8. The van der Waals surface area contributed by atoms with Crippen LogP contribution >= 0.6 is 0 Å². The molecule has 1 aromatic heterocycles. The predicted molar refractivity (Wildman–Crippen MR) is 149 cm³/mol. The van der Waals surface area contributed by atoms with E-state index in [1.807, 2.05) is 76.9 Å². The fourth-order valence-corrected chi connectivity index (χ4v) is 5.61. The molecule has 0 radical (unpaired) electrons. The van der Waals surface area contributed by atoms with Gasteiger partial charge in [0.1, 0.15) is 11.9 Å². The van der Waals surface area contributed by atoms with Crippen LogP contribution in [0, 0.1) is 17.8 Å². The van der Waals surface area contributed by atoms with E-state index in [1.165, 1.54) is 20.0 Å². The summed E-state index contributed by atoms with van der Waals surface area (Å²) >= 11 is 0. The summed E-state index contributed by atoms with van der Waals surface area (Å²) in [7, 11) is 0.900. The van der Waals surface area contributed by atoms with E-state index in [-0.39, 0.29) is 17.9 Å². The number of hydrogen-bond acceptors (Lipinski definition) is 6. The van der Waals surface area contributed by atoms with Gasteiger partial charge in [0.25, 0.3) is 0 Å². The molecular weight excluding hydrogens is 495 g/mol. The summed E-state index contributed by atoms with van der Waals surface area (Å²) in [5.74, 6) is 1.71. The Bertz CT molecular complexity index is 1190. The van der Waals surface area contributed by atoms with Gasteiger partial charge in [-0.2, -0.15) is 0 Å². The number of carbonyl (C=O) groups is 2. The van der Waals surface area contributed by atoms with Crippen LogP contribution in [0.4, 0.5) is 4.79 Å². The van der Waals surface area contributed by atoms with E-state index in [2.05, 4.69) is 10.3 Å². The molecular formula is C29H41BN4O5. The maximum atomic E-state index is 13.7. The van der Waals surface area contributed by atoms with E-state index in [0.29, 0.717) is 18.4 Å². The molecule has 0 bridgehead atoms. The van der Waals surface area contributed by atoms with Crippen molar-refractivity contribution in [3.8, 4) is 11.3 Å². The third kappa shape index (κ3) is 5.46. The first-order valence-corrected chi connectivity index (χ1v) is 14.1. The van der Waals surface area contributed by atoms with Gasteiger partial charge < -0.3 is 29.2 Å². The molecule has 0 spiro atoms. The summed E-state index contributed by atoms with van der Waals surface area (Å²) in [6.45, 7) is 12.7. The van der Waals surface area contributed by atoms with Crippen LogP contribution in [0.25, 0.3) is 11.3 Å². The Labute approximate surface area is 231 Å². The number of H-pyrrole nitrogens is 1. The molecule has 2 amide bonds. The Morgan fingerprint density at radius 1 is 1.10 bits per heavy atom. The Kier molecular flexibility index (Phi) is 7.31. The highest BCUT2D eigenvalue weighted by atomic mass is 16.7. The van der Waals surface area contributed by atoms with E-state index >= 15 is 0 Å². The van der Waals surface area contributed by atoms with Crippen LogP contribution in [0.15, 0.2) is 30.5 Å². The van der Waals surface area contributed by atoms with Gasteiger partial charge >= 0.3 is 13.2 Å². The second-order valence-corrected chi connectivity index (χ2v) is 12.6. The molecule has 2 aromatic rings. The maximum Gasteiger partial charge on any atom is 0.494 e. The van der Waals surface area contributed by atoms with Crippen molar-refractivity contribution in [3.05, 3.63) is 36.3 Å². The number of hydrogen-bond donors (Lipinski definition) is 2. The summed E-state index contributed by atoms with van der Waals surface area (Å²) < 4.78 is 17.2. The van der Waals surface area contributed by atoms with Crippen molar-refractivity contribution in [1.82, 2.24) is 20.2 Å². The van der Waals surface area contributed by atoms with Crippen molar-refractivity contribution in [2.45, 2.75) is 84.1 Å². The van der Waals surface area contributed by atoms with Gasteiger partial charge in [0.05, 0.1) is 36.2 Å². The quantitative estimate of drug-likeness (QED) is 0.518. The number of methoxy groups -OCH3 is 1. The number of nitrogens with zero attached hydrogens (tertiary/aromatic N) is 2. The molecule has 1 aliphatic carbocycles. The number of imidazole rings is 1. The zero-order chi connectivity index (χ0) is 28.1. The van der Waals surface area contributed by atoms with Crippen molar-refractivity contribution in [2.75, 3.05) is 13.7 Å². The van der Waals surface area contributed by atoms with Crippen LogP contribution in [-0.2, 0) is 18.8 Å². The summed E-state index contributed by atoms with van der Waals surface area (Å²) in [5, 5.41) is 2.74. The molecule has 39 heavy (non-hydrogen) atoms. The first-order valence-electron chi connectivity index (χ1n) is 14.1. The standard InChI is InChI=1S/C29H41BN4O5/c1-17(2)24(33-27(36)37-7)26(35)34-16-20(18-8-9-18)14-23(34)25-31-15-22(32-25)19-10-12-21(13-11-19)30-38-28(3,4)29(5,6)39-30/h10-13,15,17-18,20,23-24H,8-9,14,16H2,1-7H3,(H,31,32)(H,33,36)/t20-,23-,24-/m0/s1. The summed E-state index contributed by atoms with van der Waals surface area (Å²) in [5.41, 5.74) is 2.07. The molecule has 1 aromatic carbocycles. The Morgan fingerprint density at radius 3 is 2.31 bits per heavy atom. The first-order chi connectivity index (χ1) is 18.4. The molecule has 210 valence electrons. The van der Waals surface area contributed by atoms with Gasteiger partial charge in [0.15, 0.2) is 0 Å². The SMILES string of the molecule is COC(=O)N[C@H](C(=O)N1C[C@@H](C2CC2)C[C@H]1c1ncc(-c2ccc(B3OC(C)(C)C(C)(C)O3)cc2)[nH]1)C(C)C. The zero-order valence-corrected chi connectivity index (χ0v) is 24.1. The average Bonchev–Trinajstić information content (AvgIpc) is 3.36. The molecule has 2 N–H and O–H groups in total. The van der Waals surface area contributed by atoms with E-state index in [4.69, 9.17) is 19.0 Å². The Morgan fingerprint density at radius 2 is 1.74 bits per heavy atom. The molecule has 3 atom stereocenters. The molecule has 2 saturated heterocycles. The molecule has 3 heterocycles. The molecule has 3 aliphatic rings. The lowest BCUT2D eigenvalue weighted by molar-refractivity contribution is -0.135. The second-order valence-electron chi connectivity index (χ2n) is 12.6. The lowest BCUT2D eigenvalue weighted by Crippen LogP contribution is -2.51. The number of alkyl carbamates (subject to hydrolysis) is 1. The van der Waals surface area contributed by atoms with E-state index in [1.54, 1.807) is 0 Å². The third-order valence-corrected chi connectivity index (χ3v) is 8.95. The Hall–Kier alpha value is -2.85. The van der Waals surface area contributed by atoms with Crippen LogP contribution in [0.1, 0.15) is 72.7 Å². The highest BCUT2D eigenvalue weighted by Gasteiger charge is 2.51. The van der Waals surface area contributed by atoms with Crippen molar-refractivity contribution >= 4 is 24.6 Å². The predicted octanol–water partition coefficient (Wildman–Crippen LogP) is 4.06. The molecule has 10 heteroatoms. The van der Waals surface area contributed by atoms with Crippen molar-refractivity contribution in [2.24, 2.45) is 17.8 Å². The molecule has 9 nitrogen and oxygen atoms in total. The number of nitrogens with one attached hydrogen (secondary N) is 2. The summed E-state index contributed by atoms with van der Waals surface area (Å²) in [6.07, 6.45) is 4.53. The van der Waals surface area contributed by atoms with Gasteiger partial charge in [-0.05, 0) is 75.7 Å². The number of aromatic nitrogens is 2. The highest BCUT2D eigenvalue weighted by Crippen LogP contribution is 2.47. The lowest BCUT2D eigenvalue weighted by atomic mass is 9.79. The minimum Gasteiger partial charge on any atom is -0.453 e. The fourth-order valence-electron chi connectivity index (χ4n) is 5.61. The van der Waals surface area contributed by atoms with Gasteiger partial charge in [0, 0.05) is 6.54 Å². The normalized spacial score (nSPS) is 24.7. The van der Waals surface area contributed by atoms with Crippen LogP contribution in [0.2, 0.25) is 0 Å². The first kappa shape index (κ1) is 27.7. The molecule has 3 fully saturated rings. The Balaban J connectivity index is 1.34. The highest BCUT2D eigenvalue weighted by molar-refractivity contribution is 6.62. The molecule has 0 unspecified atom stereocenters. The van der Waals surface area contributed by atoms with Crippen LogP contribution < -0.4 is 10.8 Å². The second kappa shape index (κ2) is 10.3. The smallest absolute Gasteiger partial charge is 0.453 e. The summed E-state index contributed by atoms with van der Waals surface area (Å²) in [6, 6.07) is 7.31. The number of amides is 2. The van der Waals surface area contributed by atoms with Crippen molar-refractivity contribution in [3.63, 3.8) is 0 Å². The molecule has 5 rings (SSSR count). The molecule has 1 saturated carbocycles. The topological polar surface area (TPSA) is 106 Å². The number of likely N-dealkylation sites (tertiary alicyclic amines) is 1. The van der Waals surface area contributed by atoms with Gasteiger partial charge in [-0.1, -0.05) is 38.1 Å². The van der Waals surface area contributed by atoms with Gasteiger partial charge in [-0.25, -0.2) is 9.78 Å². The fraction of sp³-hybridized carbons (Fsp3) is 0.621. The van der Waals surface area contributed by atoms with Crippen molar-refractivity contribution in [1.29, 1.82) is 0 Å². The monoisotopic (exact) mass is 536 g/mol. The van der Waals surface area contributed by atoms with Crippen molar-refractivity contribution < 1.29 is 23.6 Å². The largest absolute Gasteiger partial charge is 0.494 e.